The fourth-order valence-electron chi connectivity index (χ4n) is 6.99. The Morgan fingerprint density at radius 1 is 0.820 bits per heavy atom. The number of piperidine rings is 2. The first kappa shape index (κ1) is 51.7. The maximum Gasteiger partial charge on any atom is 0.317 e. The fourth-order valence-corrected chi connectivity index (χ4v) is 6.99. The topological polar surface area (TPSA) is 308 Å². The van der Waals surface area contributed by atoms with Gasteiger partial charge in [-0.1, -0.05) is 6.58 Å². The molecule has 0 bridgehead atoms. The van der Waals surface area contributed by atoms with E-state index in [0.29, 0.717) is 31.7 Å². The van der Waals surface area contributed by atoms with Crippen LogP contribution in [0.1, 0.15) is 44.9 Å². The lowest BCUT2D eigenvalue weighted by molar-refractivity contribution is -0.143. The Morgan fingerprint density at radius 2 is 1.38 bits per heavy atom. The minimum absolute atomic E-state index is 0.0105. The zero-order valence-corrected chi connectivity index (χ0v) is 34.8. The number of carboxylic acid groups (broad SMARTS) is 5. The first-order valence-corrected chi connectivity index (χ1v) is 20.2. The molecule has 22 nitrogen and oxygen atoms in total. The molecule has 0 spiro atoms. The number of nitrogens with zero attached hydrogens (tertiary/aromatic N) is 5. The van der Waals surface area contributed by atoms with Crippen LogP contribution < -0.4 is 16.0 Å². The number of carboxylic acids is 5. The number of aliphatic carboxylic acids is 5. The highest BCUT2D eigenvalue weighted by Gasteiger charge is 2.31. The number of hydrogen-bond donors (Lipinski definition) is 8. The van der Waals surface area contributed by atoms with Gasteiger partial charge >= 0.3 is 29.8 Å². The van der Waals surface area contributed by atoms with E-state index in [9.17, 15) is 53.7 Å². The monoisotopic (exact) mass is 866 g/mol. The van der Waals surface area contributed by atoms with Crippen LogP contribution in [0.5, 0.6) is 0 Å². The van der Waals surface area contributed by atoms with Crippen molar-refractivity contribution in [3.8, 4) is 0 Å². The van der Waals surface area contributed by atoms with Crippen LogP contribution in [-0.2, 0) is 43.1 Å². The summed E-state index contributed by atoms with van der Waals surface area (Å²) in [7, 11) is 1.47. The highest BCUT2D eigenvalue weighted by atomic mass is 16.5. The summed E-state index contributed by atoms with van der Waals surface area (Å²) >= 11 is 0. The molecular formula is C39H62N8O14. The van der Waals surface area contributed by atoms with Gasteiger partial charge in [0, 0.05) is 52.7 Å². The SMILES string of the molecule is C=C(/C=C(\C=NC)OCCNC(=O)CN(CCN(CCN(CC(=O)O)CC(=O)O)CC(=O)O)CC(=O)O)[C@H](CC(=O)O)NC(=O)[C@@H]1CCCN(C(=O)CCC2CCNCC2)C1. The molecule has 8 N–H and O–H groups in total. The van der Waals surface area contributed by atoms with Crippen LogP contribution in [0.3, 0.4) is 0 Å². The molecule has 0 radical (unpaired) electrons. The van der Waals surface area contributed by atoms with Crippen LogP contribution in [0.2, 0.25) is 0 Å². The van der Waals surface area contributed by atoms with Gasteiger partial charge in [-0.05, 0) is 62.8 Å². The second-order valence-corrected chi connectivity index (χ2v) is 15.0. The number of rotatable bonds is 30. The summed E-state index contributed by atoms with van der Waals surface area (Å²) in [4.78, 5) is 106. The van der Waals surface area contributed by atoms with E-state index < -0.39 is 92.8 Å². The van der Waals surface area contributed by atoms with E-state index in [0.717, 1.165) is 37.3 Å². The Kier molecular flexibility index (Phi) is 23.9. The Hall–Kier alpha value is -5.45. The zero-order valence-electron chi connectivity index (χ0n) is 34.8. The standard InChI is InChI=1S/C39H62N8O14/c1-27(31(19-34(50)51)43-39(60)29-4-3-12-47(21-29)33(49)6-5-28-7-9-41-10-8-28)18-30(20-40-2)61-17-11-42-32(48)22-45(24-36(54)55)15-13-44(23-35(52)53)14-16-46(25-37(56)57)26-38(58)59/h18,20,28-29,31,41H,1,3-17,19,21-26H2,2H3,(H,42,48)(H,43,60)(H,50,51)(H,52,53)(H,54,55)(H,56,57)(H,58,59)/b30-18+,40-20?/t29-,31+/m1/s1. The van der Waals surface area contributed by atoms with E-state index in [-0.39, 0.29) is 63.1 Å². The van der Waals surface area contributed by atoms with Gasteiger partial charge in [0.1, 0.15) is 12.4 Å². The lowest BCUT2D eigenvalue weighted by Crippen LogP contribution is -2.48. The third-order valence-electron chi connectivity index (χ3n) is 10.1. The maximum absolute atomic E-state index is 13.4. The number of nitrogens with one attached hydrogen (secondary N) is 3. The quantitative estimate of drug-likeness (QED) is 0.0176. The van der Waals surface area contributed by atoms with Crippen molar-refractivity contribution in [3.05, 3.63) is 24.0 Å². The number of ether oxygens (including phenoxy) is 1. The Bertz CT molecular complexity index is 1570. The van der Waals surface area contributed by atoms with E-state index in [2.05, 4.69) is 27.5 Å². The number of allylic oxidation sites excluding steroid dienone is 1. The summed E-state index contributed by atoms with van der Waals surface area (Å²) in [6.07, 6.45) is 6.75. The molecule has 0 aromatic carbocycles. The summed E-state index contributed by atoms with van der Waals surface area (Å²) in [5.74, 6) is -7.05. The molecule has 0 saturated carbocycles. The highest BCUT2D eigenvalue weighted by molar-refractivity contribution is 5.83. The highest BCUT2D eigenvalue weighted by Crippen LogP contribution is 2.22. The van der Waals surface area contributed by atoms with Gasteiger partial charge in [0.15, 0.2) is 0 Å². The molecule has 2 atom stereocenters. The molecule has 2 rings (SSSR count). The molecule has 0 aromatic heterocycles. The summed E-state index contributed by atoms with van der Waals surface area (Å²) in [5.41, 5.74) is 0.207. The van der Waals surface area contributed by atoms with E-state index >= 15 is 0 Å². The van der Waals surface area contributed by atoms with Gasteiger partial charge in [0.25, 0.3) is 0 Å². The summed E-state index contributed by atoms with van der Waals surface area (Å²) in [6.45, 7) is 3.57. The summed E-state index contributed by atoms with van der Waals surface area (Å²) in [5, 5.41) is 55.3. The smallest absolute Gasteiger partial charge is 0.317 e. The number of aliphatic imine (C=N–C) groups is 1. The minimum Gasteiger partial charge on any atom is -0.490 e. The van der Waals surface area contributed by atoms with Crippen molar-refractivity contribution in [1.82, 2.24) is 35.6 Å². The zero-order chi connectivity index (χ0) is 45.3. The minimum atomic E-state index is -1.27. The van der Waals surface area contributed by atoms with Crippen molar-refractivity contribution >= 4 is 53.8 Å². The van der Waals surface area contributed by atoms with Gasteiger partial charge < -0.3 is 51.1 Å². The van der Waals surface area contributed by atoms with Crippen LogP contribution in [0.25, 0.3) is 0 Å². The molecule has 2 fully saturated rings. The Labute approximate surface area is 354 Å². The number of carbonyl (C=O) groups is 8. The average Bonchev–Trinajstić information content (AvgIpc) is 3.18. The molecule has 0 unspecified atom stereocenters. The third-order valence-corrected chi connectivity index (χ3v) is 10.1. The van der Waals surface area contributed by atoms with Crippen molar-refractivity contribution in [3.63, 3.8) is 0 Å². The van der Waals surface area contributed by atoms with Gasteiger partial charge in [-0.3, -0.25) is 58.0 Å². The van der Waals surface area contributed by atoms with E-state index in [4.69, 9.17) is 14.9 Å². The van der Waals surface area contributed by atoms with E-state index in [1.807, 2.05) is 0 Å². The maximum atomic E-state index is 13.4. The van der Waals surface area contributed by atoms with Crippen molar-refractivity contribution < 1.29 is 68.6 Å². The largest absolute Gasteiger partial charge is 0.490 e. The molecule has 2 aliphatic rings. The molecular weight excluding hydrogens is 804 g/mol. The predicted octanol–water partition coefficient (Wildman–Crippen LogP) is -1.52. The molecule has 3 amide bonds. The first-order chi connectivity index (χ1) is 28.9. The fraction of sp³-hybridized carbons (Fsp3) is 0.667. The number of carbonyl (C=O) groups excluding carboxylic acids is 3. The van der Waals surface area contributed by atoms with Gasteiger partial charge in [-0.25, -0.2) is 0 Å². The molecule has 61 heavy (non-hydrogen) atoms. The summed E-state index contributed by atoms with van der Waals surface area (Å²) < 4.78 is 5.75. The van der Waals surface area contributed by atoms with E-state index in [1.54, 1.807) is 4.90 Å². The Morgan fingerprint density at radius 3 is 1.93 bits per heavy atom. The molecule has 342 valence electrons. The van der Waals surface area contributed by atoms with Gasteiger partial charge in [0.2, 0.25) is 17.7 Å². The van der Waals surface area contributed by atoms with E-state index in [1.165, 1.54) is 29.1 Å². The van der Waals surface area contributed by atoms with Gasteiger partial charge in [-0.2, -0.15) is 0 Å². The van der Waals surface area contributed by atoms with Crippen molar-refractivity contribution in [2.75, 3.05) is 105 Å². The molecule has 2 heterocycles. The second kappa shape index (κ2) is 28.1. The number of likely N-dealkylation sites (tertiary alicyclic amines) is 1. The normalized spacial score (nSPS) is 16.7. The molecule has 2 aliphatic heterocycles. The number of amides is 3. The third kappa shape index (κ3) is 22.7. The second-order valence-electron chi connectivity index (χ2n) is 15.0. The van der Waals surface area contributed by atoms with Crippen molar-refractivity contribution in [2.24, 2.45) is 16.8 Å². The van der Waals surface area contributed by atoms with Gasteiger partial charge in [-0.15, -0.1) is 0 Å². The van der Waals surface area contributed by atoms with Crippen LogP contribution in [-0.4, -0.2) is 210 Å². The van der Waals surface area contributed by atoms with Crippen LogP contribution in [0, 0.1) is 11.8 Å². The lowest BCUT2D eigenvalue weighted by Gasteiger charge is -2.33. The Balaban J connectivity index is 1.95. The van der Waals surface area contributed by atoms with Crippen LogP contribution in [0.15, 0.2) is 29.0 Å². The van der Waals surface area contributed by atoms with Gasteiger partial charge in [0.05, 0.1) is 63.9 Å². The van der Waals surface area contributed by atoms with Crippen LogP contribution in [0.4, 0.5) is 0 Å². The van der Waals surface area contributed by atoms with Crippen molar-refractivity contribution in [1.29, 1.82) is 0 Å². The van der Waals surface area contributed by atoms with Crippen LogP contribution >= 0.6 is 0 Å². The summed E-state index contributed by atoms with van der Waals surface area (Å²) in [6, 6.07) is -1.01. The van der Waals surface area contributed by atoms with Crippen molar-refractivity contribution in [2.45, 2.75) is 51.0 Å². The molecule has 0 aromatic rings. The molecule has 2 saturated heterocycles. The lowest BCUT2D eigenvalue weighted by atomic mass is 9.92. The number of hydrogen-bond acceptors (Lipinski definition) is 14. The molecule has 0 aliphatic carbocycles. The first-order valence-electron chi connectivity index (χ1n) is 20.2. The predicted molar refractivity (Wildman–Crippen MR) is 219 cm³/mol. The average molecular weight is 867 g/mol. The molecule has 22 heteroatoms.